The van der Waals surface area contributed by atoms with E-state index in [2.05, 4.69) is 9.05 Å². The van der Waals surface area contributed by atoms with Gasteiger partial charge in [-0.3, -0.25) is 0 Å². The van der Waals surface area contributed by atoms with E-state index in [-0.39, 0.29) is 0 Å². The molecular formula is C8H18O3P+. The van der Waals surface area contributed by atoms with Crippen LogP contribution in [0.3, 0.4) is 0 Å². The second-order valence-corrected chi connectivity index (χ2v) is 3.89. The van der Waals surface area contributed by atoms with Crippen molar-refractivity contribution in [2.24, 2.45) is 0 Å². The van der Waals surface area contributed by atoms with Crippen LogP contribution in [0.25, 0.3) is 0 Å². The van der Waals surface area contributed by atoms with Gasteiger partial charge in [-0.1, -0.05) is 38.5 Å². The lowest BCUT2D eigenvalue weighted by Crippen LogP contribution is -1.85. The van der Waals surface area contributed by atoms with Crippen LogP contribution >= 0.6 is 8.25 Å². The standard InChI is InChI=1S/C6H12.C2H6O3P/c1-2-4-6-5-3-1;1-4-6(3)5-2/h1-6H2;1-2H3/q;+1. The number of hydrogen-bond donors (Lipinski definition) is 0. The highest BCUT2D eigenvalue weighted by molar-refractivity contribution is 7.33. The van der Waals surface area contributed by atoms with Crippen molar-refractivity contribution in [2.75, 3.05) is 14.2 Å². The van der Waals surface area contributed by atoms with Crippen LogP contribution in [0.1, 0.15) is 38.5 Å². The lowest BCUT2D eigenvalue weighted by atomic mass is 10.0. The molecule has 0 atom stereocenters. The minimum absolute atomic E-state index is 1.32. The molecule has 72 valence electrons. The van der Waals surface area contributed by atoms with Gasteiger partial charge in [0.05, 0.1) is 14.2 Å². The van der Waals surface area contributed by atoms with Crippen LogP contribution in [-0.4, -0.2) is 14.2 Å². The van der Waals surface area contributed by atoms with Crippen LogP contribution in [0.15, 0.2) is 0 Å². The van der Waals surface area contributed by atoms with Crippen molar-refractivity contribution in [3.05, 3.63) is 0 Å². The Hall–Kier alpha value is 0.0200. The highest BCUT2D eigenvalue weighted by atomic mass is 31.1. The lowest BCUT2D eigenvalue weighted by molar-refractivity contribution is 0.302. The Bertz CT molecular complexity index is 95.4. The summed E-state index contributed by atoms with van der Waals surface area (Å²) in [5.74, 6) is 0. The molecule has 1 aliphatic rings. The van der Waals surface area contributed by atoms with E-state index >= 15 is 0 Å². The monoisotopic (exact) mass is 193 g/mol. The Morgan fingerprint density at radius 2 is 1.08 bits per heavy atom. The first kappa shape index (κ1) is 12.0. The molecule has 4 heteroatoms. The van der Waals surface area contributed by atoms with E-state index in [9.17, 15) is 4.57 Å². The fourth-order valence-corrected chi connectivity index (χ4v) is 1.28. The predicted octanol–water partition coefficient (Wildman–Crippen LogP) is 3.28. The van der Waals surface area contributed by atoms with Crippen LogP contribution in [0, 0.1) is 0 Å². The summed E-state index contributed by atoms with van der Waals surface area (Å²) in [5.41, 5.74) is 0. The largest absolute Gasteiger partial charge is 0.696 e. The van der Waals surface area contributed by atoms with E-state index in [1.54, 1.807) is 0 Å². The second kappa shape index (κ2) is 9.11. The zero-order valence-electron chi connectivity index (χ0n) is 7.91. The van der Waals surface area contributed by atoms with Crippen LogP contribution in [0.4, 0.5) is 0 Å². The van der Waals surface area contributed by atoms with Crippen LogP contribution in [-0.2, 0) is 13.6 Å². The molecule has 3 nitrogen and oxygen atoms in total. The first-order valence-corrected chi connectivity index (χ1v) is 5.46. The number of rotatable bonds is 2. The highest BCUT2D eigenvalue weighted by Gasteiger charge is 2.10. The average molecular weight is 193 g/mol. The maximum atomic E-state index is 9.88. The normalized spacial score (nSPS) is 16.2. The maximum Gasteiger partial charge on any atom is 0.696 e. The molecule has 1 saturated carbocycles. The fourth-order valence-electron chi connectivity index (χ4n) is 1.14. The van der Waals surface area contributed by atoms with Gasteiger partial charge in [0.1, 0.15) is 0 Å². The van der Waals surface area contributed by atoms with Gasteiger partial charge in [-0.2, -0.15) is 0 Å². The molecule has 0 bridgehead atoms. The van der Waals surface area contributed by atoms with Gasteiger partial charge in [-0.25, -0.2) is 0 Å². The van der Waals surface area contributed by atoms with E-state index < -0.39 is 8.25 Å². The van der Waals surface area contributed by atoms with Crippen molar-refractivity contribution in [2.45, 2.75) is 38.5 Å². The van der Waals surface area contributed by atoms with Crippen LogP contribution < -0.4 is 0 Å². The highest BCUT2D eigenvalue weighted by Crippen LogP contribution is 2.18. The topological polar surface area (TPSA) is 35.5 Å². The van der Waals surface area contributed by atoms with Crippen molar-refractivity contribution in [3.8, 4) is 0 Å². The smallest absolute Gasteiger partial charge is 0.122 e. The molecule has 0 aromatic heterocycles. The molecular weight excluding hydrogens is 175 g/mol. The zero-order valence-corrected chi connectivity index (χ0v) is 8.81. The van der Waals surface area contributed by atoms with Crippen molar-refractivity contribution in [3.63, 3.8) is 0 Å². The molecule has 1 fully saturated rings. The van der Waals surface area contributed by atoms with Gasteiger partial charge in [0.15, 0.2) is 0 Å². The summed E-state index contributed by atoms with van der Waals surface area (Å²) in [4.78, 5) is 0. The van der Waals surface area contributed by atoms with Crippen molar-refractivity contribution >= 4 is 8.25 Å². The fraction of sp³-hybridized carbons (Fsp3) is 1.00. The van der Waals surface area contributed by atoms with Gasteiger partial charge >= 0.3 is 8.25 Å². The Labute approximate surface area is 75.4 Å². The van der Waals surface area contributed by atoms with E-state index in [1.165, 1.54) is 52.7 Å². The van der Waals surface area contributed by atoms with Crippen molar-refractivity contribution < 1.29 is 13.6 Å². The Morgan fingerprint density at radius 3 is 1.17 bits per heavy atom. The predicted molar refractivity (Wildman–Crippen MR) is 49.3 cm³/mol. The summed E-state index contributed by atoms with van der Waals surface area (Å²) >= 11 is 0. The Morgan fingerprint density at radius 1 is 0.833 bits per heavy atom. The van der Waals surface area contributed by atoms with Gasteiger partial charge in [-0.15, -0.1) is 9.05 Å². The third-order valence-corrected chi connectivity index (χ3v) is 2.39. The molecule has 0 aromatic carbocycles. The third kappa shape index (κ3) is 8.12. The molecule has 1 rings (SSSR count). The summed E-state index contributed by atoms with van der Waals surface area (Å²) < 4.78 is 18.3. The van der Waals surface area contributed by atoms with Crippen molar-refractivity contribution in [1.82, 2.24) is 0 Å². The number of hydrogen-bond acceptors (Lipinski definition) is 3. The summed E-state index contributed by atoms with van der Waals surface area (Å²) in [5, 5.41) is 0. The van der Waals surface area contributed by atoms with E-state index in [0.717, 1.165) is 0 Å². The molecule has 12 heavy (non-hydrogen) atoms. The van der Waals surface area contributed by atoms with E-state index in [1.807, 2.05) is 0 Å². The average Bonchev–Trinajstić information content (AvgIpc) is 2.20. The third-order valence-electron chi connectivity index (χ3n) is 1.80. The SMILES string of the molecule is C1CCCCC1.CO[P+](=O)OC. The zero-order chi connectivity index (χ0) is 9.23. The molecule has 0 N–H and O–H groups in total. The lowest BCUT2D eigenvalue weighted by Gasteiger charge is -2.05. The summed E-state index contributed by atoms with van der Waals surface area (Å²) in [7, 11) is 0.817. The summed E-state index contributed by atoms with van der Waals surface area (Å²) in [6.07, 6.45) is 9.00. The molecule has 1 aliphatic carbocycles. The minimum atomic E-state index is -1.83. The van der Waals surface area contributed by atoms with E-state index in [0.29, 0.717) is 0 Å². The molecule has 0 spiro atoms. The van der Waals surface area contributed by atoms with Gasteiger partial charge in [0.2, 0.25) is 0 Å². The van der Waals surface area contributed by atoms with Crippen molar-refractivity contribution in [1.29, 1.82) is 0 Å². The first-order valence-electron chi connectivity index (χ1n) is 4.36. The Kier molecular flexibility index (Phi) is 9.13. The summed E-state index contributed by atoms with van der Waals surface area (Å²) in [6.45, 7) is 0. The van der Waals surface area contributed by atoms with Crippen LogP contribution in [0.5, 0.6) is 0 Å². The molecule has 0 aliphatic heterocycles. The quantitative estimate of drug-likeness (QED) is 0.631. The summed E-state index contributed by atoms with van der Waals surface area (Å²) in [6, 6.07) is 0. The van der Waals surface area contributed by atoms with E-state index in [4.69, 9.17) is 0 Å². The molecule has 0 amide bonds. The second-order valence-electron chi connectivity index (χ2n) is 2.71. The Balaban J connectivity index is 0.000000202. The van der Waals surface area contributed by atoms with Crippen LogP contribution in [0.2, 0.25) is 0 Å². The first-order chi connectivity index (χ1) is 5.81. The molecule has 0 aromatic rings. The maximum absolute atomic E-state index is 9.88. The molecule has 0 radical (unpaired) electrons. The molecule has 0 heterocycles. The van der Waals surface area contributed by atoms with Gasteiger partial charge < -0.3 is 0 Å². The van der Waals surface area contributed by atoms with Gasteiger partial charge in [0, 0.05) is 4.57 Å². The van der Waals surface area contributed by atoms with Gasteiger partial charge in [-0.05, 0) is 0 Å². The molecule has 0 saturated heterocycles. The minimum Gasteiger partial charge on any atom is -0.122 e. The van der Waals surface area contributed by atoms with Gasteiger partial charge in [0.25, 0.3) is 0 Å². The molecule has 0 unspecified atom stereocenters.